The van der Waals surface area contributed by atoms with Gasteiger partial charge in [-0.15, -0.1) is 34.2 Å². The number of hydrogen-bond donors (Lipinski definition) is 2. The Morgan fingerprint density at radius 1 is 1.24 bits per heavy atom. The summed E-state index contributed by atoms with van der Waals surface area (Å²) in [7, 11) is 2.00. The molecule has 0 saturated carbocycles. The third-order valence-corrected chi connectivity index (χ3v) is 6.07. The number of aliphatic imine (C=N–C) groups is 1. The molecule has 0 radical (unpaired) electrons. The molecule has 0 aromatic carbocycles. The van der Waals surface area contributed by atoms with Crippen molar-refractivity contribution in [3.8, 4) is 0 Å². The maximum atomic E-state index is 4.82. The summed E-state index contributed by atoms with van der Waals surface area (Å²) in [5, 5.41) is 15.6. The van der Waals surface area contributed by atoms with Crippen LogP contribution in [0.2, 0.25) is 0 Å². The van der Waals surface area contributed by atoms with E-state index in [0.717, 1.165) is 37.2 Å². The van der Waals surface area contributed by atoms with Crippen molar-refractivity contribution in [3.05, 3.63) is 11.6 Å². The third-order valence-electron chi connectivity index (χ3n) is 6.07. The van der Waals surface area contributed by atoms with E-state index in [0.29, 0.717) is 18.5 Å². The van der Waals surface area contributed by atoms with Crippen LogP contribution in [0, 0.1) is 12.8 Å². The zero-order valence-corrected chi connectivity index (χ0v) is 21.4. The van der Waals surface area contributed by atoms with Gasteiger partial charge >= 0.3 is 0 Å². The Labute approximate surface area is 194 Å². The summed E-state index contributed by atoms with van der Waals surface area (Å²) in [6, 6.07) is 0.608. The van der Waals surface area contributed by atoms with Crippen LogP contribution in [-0.2, 0) is 13.6 Å². The Kier molecular flexibility index (Phi) is 12.8. The van der Waals surface area contributed by atoms with Gasteiger partial charge in [-0.3, -0.25) is 4.90 Å². The van der Waals surface area contributed by atoms with Gasteiger partial charge in [0.15, 0.2) is 11.8 Å². The van der Waals surface area contributed by atoms with Gasteiger partial charge in [-0.1, -0.05) is 40.0 Å². The Hall–Kier alpha value is -0.900. The van der Waals surface area contributed by atoms with Crippen molar-refractivity contribution in [2.75, 3.05) is 26.2 Å². The SMILES string of the molecule is CCCCC(CC)CNC(=NCc1nnc(C)n1C)NCC1CCCN1CC.I. The normalized spacial score (nSPS) is 18.5. The summed E-state index contributed by atoms with van der Waals surface area (Å²) in [4.78, 5) is 7.38. The van der Waals surface area contributed by atoms with Crippen LogP contribution in [-0.4, -0.2) is 57.8 Å². The molecule has 1 saturated heterocycles. The fraction of sp³-hybridized carbons (Fsp3) is 0.857. The summed E-state index contributed by atoms with van der Waals surface area (Å²) >= 11 is 0. The molecule has 0 spiro atoms. The molecule has 2 atom stereocenters. The van der Waals surface area contributed by atoms with E-state index in [1.54, 1.807) is 0 Å². The van der Waals surface area contributed by atoms with Gasteiger partial charge in [0.2, 0.25) is 0 Å². The number of nitrogens with one attached hydrogen (secondary N) is 2. The van der Waals surface area contributed by atoms with E-state index in [2.05, 4.69) is 46.5 Å². The number of unbranched alkanes of at least 4 members (excludes halogenated alkanes) is 1. The van der Waals surface area contributed by atoms with Crippen molar-refractivity contribution in [2.24, 2.45) is 18.0 Å². The summed E-state index contributed by atoms with van der Waals surface area (Å²) in [6.07, 6.45) is 7.61. The Morgan fingerprint density at radius 3 is 2.66 bits per heavy atom. The molecule has 29 heavy (non-hydrogen) atoms. The van der Waals surface area contributed by atoms with Crippen molar-refractivity contribution in [1.82, 2.24) is 30.3 Å². The molecule has 7 nitrogen and oxygen atoms in total. The number of rotatable bonds is 11. The first-order valence-electron chi connectivity index (χ1n) is 11.2. The number of aromatic nitrogens is 3. The monoisotopic (exact) mass is 519 g/mol. The molecule has 2 N–H and O–H groups in total. The van der Waals surface area contributed by atoms with Gasteiger partial charge in [-0.05, 0) is 45.2 Å². The number of hydrogen-bond acceptors (Lipinski definition) is 4. The molecule has 0 bridgehead atoms. The fourth-order valence-electron chi connectivity index (χ4n) is 3.85. The molecular weight excluding hydrogens is 477 g/mol. The molecule has 0 amide bonds. The van der Waals surface area contributed by atoms with Gasteiger partial charge in [-0.25, -0.2) is 4.99 Å². The molecule has 2 unspecified atom stereocenters. The lowest BCUT2D eigenvalue weighted by Crippen LogP contribution is -2.46. The zero-order chi connectivity index (χ0) is 20.4. The lowest BCUT2D eigenvalue weighted by atomic mass is 9.99. The van der Waals surface area contributed by atoms with Crippen LogP contribution in [0.1, 0.15) is 70.9 Å². The van der Waals surface area contributed by atoms with Crippen LogP contribution in [0.25, 0.3) is 0 Å². The second-order valence-electron chi connectivity index (χ2n) is 7.99. The number of halogens is 1. The highest BCUT2D eigenvalue weighted by Crippen LogP contribution is 2.15. The van der Waals surface area contributed by atoms with Gasteiger partial charge in [0.05, 0.1) is 0 Å². The van der Waals surface area contributed by atoms with E-state index in [1.807, 2.05) is 18.5 Å². The van der Waals surface area contributed by atoms with Crippen LogP contribution < -0.4 is 10.6 Å². The quantitative estimate of drug-likeness (QED) is 0.266. The van der Waals surface area contributed by atoms with E-state index < -0.39 is 0 Å². The van der Waals surface area contributed by atoms with Gasteiger partial charge in [0.25, 0.3) is 0 Å². The first-order valence-corrected chi connectivity index (χ1v) is 11.2. The van der Waals surface area contributed by atoms with Crippen molar-refractivity contribution in [1.29, 1.82) is 0 Å². The van der Waals surface area contributed by atoms with Gasteiger partial charge in [0.1, 0.15) is 12.4 Å². The van der Waals surface area contributed by atoms with E-state index in [-0.39, 0.29) is 24.0 Å². The molecule has 1 aromatic rings. The molecule has 1 aromatic heterocycles. The largest absolute Gasteiger partial charge is 0.356 e. The second kappa shape index (κ2) is 14.2. The molecule has 1 aliphatic heterocycles. The first-order chi connectivity index (χ1) is 13.6. The molecule has 8 heteroatoms. The number of likely N-dealkylation sites (N-methyl/N-ethyl adjacent to an activating group) is 1. The summed E-state index contributed by atoms with van der Waals surface area (Å²) in [5.74, 6) is 3.41. The number of nitrogens with zero attached hydrogens (tertiary/aromatic N) is 5. The molecule has 1 aliphatic rings. The lowest BCUT2D eigenvalue weighted by Gasteiger charge is -2.24. The number of guanidine groups is 1. The predicted molar refractivity (Wildman–Crippen MR) is 132 cm³/mol. The molecule has 168 valence electrons. The Bertz CT molecular complexity index is 602. The van der Waals surface area contributed by atoms with E-state index >= 15 is 0 Å². The Balaban J connectivity index is 0.00000420. The molecular formula is C21H42IN7. The lowest BCUT2D eigenvalue weighted by molar-refractivity contribution is 0.267. The van der Waals surface area contributed by atoms with Crippen LogP contribution in [0.5, 0.6) is 0 Å². The van der Waals surface area contributed by atoms with Crippen molar-refractivity contribution in [3.63, 3.8) is 0 Å². The molecule has 2 rings (SSSR count). The predicted octanol–water partition coefficient (Wildman–Crippen LogP) is 3.48. The van der Waals surface area contributed by atoms with E-state index in [1.165, 1.54) is 45.1 Å². The highest BCUT2D eigenvalue weighted by atomic mass is 127. The van der Waals surface area contributed by atoms with Crippen molar-refractivity contribution in [2.45, 2.75) is 78.8 Å². The maximum Gasteiger partial charge on any atom is 0.191 e. The van der Waals surface area contributed by atoms with Crippen LogP contribution in [0.15, 0.2) is 4.99 Å². The van der Waals surface area contributed by atoms with Crippen LogP contribution >= 0.6 is 24.0 Å². The minimum Gasteiger partial charge on any atom is -0.356 e. The highest BCUT2D eigenvalue weighted by molar-refractivity contribution is 14.0. The minimum absolute atomic E-state index is 0. The number of aryl methyl sites for hydroxylation is 1. The number of likely N-dealkylation sites (tertiary alicyclic amines) is 1. The van der Waals surface area contributed by atoms with Crippen LogP contribution in [0.3, 0.4) is 0 Å². The third kappa shape index (κ3) is 8.39. The van der Waals surface area contributed by atoms with Crippen molar-refractivity contribution >= 4 is 29.9 Å². The first kappa shape index (κ1) is 26.1. The van der Waals surface area contributed by atoms with Gasteiger partial charge < -0.3 is 15.2 Å². The average molecular weight is 520 g/mol. The topological polar surface area (TPSA) is 70.4 Å². The minimum atomic E-state index is 0. The molecule has 0 aliphatic carbocycles. The zero-order valence-electron chi connectivity index (χ0n) is 19.1. The summed E-state index contributed by atoms with van der Waals surface area (Å²) in [6.45, 7) is 13.6. The summed E-state index contributed by atoms with van der Waals surface area (Å²) in [5.41, 5.74) is 0. The fourth-order valence-corrected chi connectivity index (χ4v) is 3.85. The van der Waals surface area contributed by atoms with Gasteiger partial charge in [0, 0.05) is 26.2 Å². The highest BCUT2D eigenvalue weighted by Gasteiger charge is 2.23. The smallest absolute Gasteiger partial charge is 0.191 e. The maximum absolute atomic E-state index is 4.82. The van der Waals surface area contributed by atoms with Crippen molar-refractivity contribution < 1.29 is 0 Å². The van der Waals surface area contributed by atoms with Gasteiger partial charge in [-0.2, -0.15) is 0 Å². The van der Waals surface area contributed by atoms with E-state index in [9.17, 15) is 0 Å². The Morgan fingerprint density at radius 2 is 2.03 bits per heavy atom. The average Bonchev–Trinajstić information content (AvgIpc) is 3.30. The standard InChI is InChI=1S/C21H41N7.HI/c1-6-9-11-18(7-2)14-22-21(23-15-19-12-10-13-28(19)8-3)24-16-20-26-25-17(4)27(20)5;/h18-19H,6-16H2,1-5H3,(H2,22,23,24);1H. The second-order valence-corrected chi connectivity index (χ2v) is 7.99. The molecule has 2 heterocycles. The van der Waals surface area contributed by atoms with E-state index in [4.69, 9.17) is 4.99 Å². The molecule has 1 fully saturated rings. The van der Waals surface area contributed by atoms with Crippen LogP contribution in [0.4, 0.5) is 0 Å². The summed E-state index contributed by atoms with van der Waals surface area (Å²) < 4.78 is 2.01.